The van der Waals surface area contributed by atoms with Gasteiger partial charge in [0.15, 0.2) is 5.60 Å². The van der Waals surface area contributed by atoms with Crippen LogP contribution >= 0.6 is 0 Å². The number of nitrogens with zero attached hydrogens (tertiary/aromatic N) is 2. The molecule has 104 valence electrons. The molecule has 2 aromatic rings. The van der Waals surface area contributed by atoms with Crippen molar-refractivity contribution in [2.45, 2.75) is 19.4 Å². The fourth-order valence-electron chi connectivity index (χ4n) is 2.09. The number of aromatic nitrogens is 2. The van der Waals surface area contributed by atoms with Gasteiger partial charge in [0.05, 0.1) is 11.4 Å². The molecule has 0 spiro atoms. The van der Waals surface area contributed by atoms with Crippen LogP contribution in [-0.4, -0.2) is 21.3 Å². The topological polar surface area (TPSA) is 82.2 Å². The Balaban J connectivity index is 2.02. The Kier molecular flexibility index (Phi) is 2.50. The van der Waals surface area contributed by atoms with Gasteiger partial charge in [-0.25, -0.2) is 0 Å². The van der Waals surface area contributed by atoms with Crippen molar-refractivity contribution in [3.63, 3.8) is 0 Å². The fourth-order valence-corrected chi connectivity index (χ4v) is 2.09. The zero-order valence-electron chi connectivity index (χ0n) is 11.6. The quantitative estimate of drug-likeness (QED) is 0.829. The number of aryl methyl sites for hydroxylation is 1. The van der Waals surface area contributed by atoms with Crippen LogP contribution < -0.4 is 15.8 Å². The molecule has 0 atom stereocenters. The first-order valence-electron chi connectivity index (χ1n) is 6.31. The second-order valence-electron chi connectivity index (χ2n) is 5.36. The second-order valence-corrected chi connectivity index (χ2v) is 5.36. The molecule has 0 saturated heterocycles. The monoisotopic (exact) mass is 272 g/mol. The third-order valence-electron chi connectivity index (χ3n) is 3.35. The van der Waals surface area contributed by atoms with E-state index < -0.39 is 5.60 Å². The van der Waals surface area contributed by atoms with Gasteiger partial charge in [0.25, 0.3) is 5.91 Å². The highest BCUT2D eigenvalue weighted by Crippen LogP contribution is 2.36. The summed E-state index contributed by atoms with van der Waals surface area (Å²) in [5.41, 5.74) is 7.20. The molecule has 20 heavy (non-hydrogen) atoms. The number of anilines is 2. The van der Waals surface area contributed by atoms with Gasteiger partial charge in [0.1, 0.15) is 11.6 Å². The summed E-state index contributed by atoms with van der Waals surface area (Å²) in [4.78, 5) is 11.9. The number of carbonyl (C=O) groups is 1. The number of nitrogens with two attached hydrogens (primary N) is 1. The van der Waals surface area contributed by atoms with Crippen molar-refractivity contribution in [3.05, 3.63) is 24.3 Å². The van der Waals surface area contributed by atoms with Crippen molar-refractivity contribution in [2.75, 3.05) is 11.1 Å². The van der Waals surface area contributed by atoms with Crippen molar-refractivity contribution in [1.29, 1.82) is 0 Å². The van der Waals surface area contributed by atoms with Gasteiger partial charge in [-0.1, -0.05) is 0 Å². The molecule has 1 amide bonds. The van der Waals surface area contributed by atoms with E-state index in [-0.39, 0.29) is 5.91 Å². The SMILES string of the molecule is Cn1nc(-c2ccc3c(c2)NC(=O)C(C)(C)O3)cc1N. The van der Waals surface area contributed by atoms with Crippen molar-refractivity contribution >= 4 is 17.4 Å². The summed E-state index contributed by atoms with van der Waals surface area (Å²) in [5.74, 6) is 1.07. The van der Waals surface area contributed by atoms with Crippen LogP contribution in [0.3, 0.4) is 0 Å². The Hall–Kier alpha value is -2.50. The van der Waals surface area contributed by atoms with E-state index in [1.807, 2.05) is 18.2 Å². The second kappa shape index (κ2) is 4.00. The summed E-state index contributed by atoms with van der Waals surface area (Å²) < 4.78 is 7.29. The first-order chi connectivity index (χ1) is 9.37. The predicted molar refractivity (Wildman–Crippen MR) is 76.4 cm³/mol. The summed E-state index contributed by atoms with van der Waals surface area (Å²) in [6, 6.07) is 7.35. The Bertz CT molecular complexity index is 684. The smallest absolute Gasteiger partial charge is 0.268 e. The summed E-state index contributed by atoms with van der Waals surface area (Å²) in [6.07, 6.45) is 0. The minimum Gasteiger partial charge on any atom is -0.476 e. The van der Waals surface area contributed by atoms with E-state index in [9.17, 15) is 4.79 Å². The van der Waals surface area contributed by atoms with Gasteiger partial charge in [-0.05, 0) is 32.0 Å². The fraction of sp³-hybridized carbons (Fsp3) is 0.286. The average molecular weight is 272 g/mol. The maximum Gasteiger partial charge on any atom is 0.268 e. The molecule has 3 rings (SSSR count). The van der Waals surface area contributed by atoms with Crippen LogP contribution in [0.4, 0.5) is 11.5 Å². The van der Waals surface area contributed by atoms with Crippen molar-refractivity contribution in [2.24, 2.45) is 7.05 Å². The molecule has 0 saturated carbocycles. The predicted octanol–water partition coefficient (Wildman–Crippen LogP) is 1.78. The molecule has 1 aromatic heterocycles. The zero-order valence-corrected chi connectivity index (χ0v) is 11.6. The number of fused-ring (bicyclic) bond motifs is 1. The number of hydrogen-bond acceptors (Lipinski definition) is 4. The van der Waals surface area contributed by atoms with Gasteiger partial charge in [0, 0.05) is 18.7 Å². The standard InChI is InChI=1S/C14H16N4O2/c1-14(2)13(19)16-10-6-8(4-5-11(10)20-14)9-7-12(15)18(3)17-9/h4-7H,15H2,1-3H3,(H,16,19). The van der Waals surface area contributed by atoms with Crippen LogP contribution in [0.25, 0.3) is 11.3 Å². The van der Waals surface area contributed by atoms with Gasteiger partial charge in [0.2, 0.25) is 0 Å². The van der Waals surface area contributed by atoms with Crippen LogP contribution in [0, 0.1) is 0 Å². The first kappa shape index (κ1) is 12.5. The number of carbonyl (C=O) groups excluding carboxylic acids is 1. The van der Waals surface area contributed by atoms with Crippen LogP contribution in [-0.2, 0) is 11.8 Å². The molecule has 3 N–H and O–H groups in total. The molecule has 0 bridgehead atoms. The molecule has 2 heterocycles. The molecular weight excluding hydrogens is 256 g/mol. The molecule has 0 radical (unpaired) electrons. The summed E-state index contributed by atoms with van der Waals surface area (Å²) >= 11 is 0. The van der Waals surface area contributed by atoms with E-state index in [1.165, 1.54) is 0 Å². The molecule has 1 aliphatic heterocycles. The Morgan fingerprint density at radius 2 is 2.10 bits per heavy atom. The van der Waals surface area contributed by atoms with E-state index >= 15 is 0 Å². The number of nitrogen functional groups attached to an aromatic ring is 1. The molecular formula is C14H16N4O2. The summed E-state index contributed by atoms with van der Waals surface area (Å²) in [5, 5.41) is 7.17. The minimum absolute atomic E-state index is 0.164. The third kappa shape index (κ3) is 1.89. The van der Waals surface area contributed by atoms with Crippen molar-refractivity contribution in [1.82, 2.24) is 9.78 Å². The number of benzene rings is 1. The van der Waals surface area contributed by atoms with Crippen LogP contribution in [0.5, 0.6) is 5.75 Å². The normalized spacial score (nSPS) is 16.2. The first-order valence-corrected chi connectivity index (χ1v) is 6.31. The Morgan fingerprint density at radius 1 is 1.35 bits per heavy atom. The molecule has 1 aromatic carbocycles. The molecule has 0 fully saturated rings. The summed E-state index contributed by atoms with van der Waals surface area (Å²) in [7, 11) is 1.78. The molecule has 0 unspecified atom stereocenters. The lowest BCUT2D eigenvalue weighted by Crippen LogP contribution is -2.45. The molecule has 1 aliphatic rings. The van der Waals surface area contributed by atoms with Crippen LogP contribution in [0.15, 0.2) is 24.3 Å². The van der Waals surface area contributed by atoms with Crippen LogP contribution in [0.2, 0.25) is 0 Å². The maximum atomic E-state index is 11.9. The average Bonchev–Trinajstić information content (AvgIpc) is 2.70. The van der Waals surface area contributed by atoms with Gasteiger partial charge in [-0.3, -0.25) is 9.48 Å². The highest BCUT2D eigenvalue weighted by molar-refractivity contribution is 6.00. The number of rotatable bonds is 1. The van der Waals surface area contributed by atoms with Gasteiger partial charge >= 0.3 is 0 Å². The number of nitrogens with one attached hydrogen (secondary N) is 1. The number of amides is 1. The van der Waals surface area contributed by atoms with E-state index in [0.717, 1.165) is 11.3 Å². The van der Waals surface area contributed by atoms with Crippen molar-refractivity contribution < 1.29 is 9.53 Å². The largest absolute Gasteiger partial charge is 0.476 e. The van der Waals surface area contributed by atoms with Gasteiger partial charge in [-0.2, -0.15) is 5.10 Å². The highest BCUT2D eigenvalue weighted by atomic mass is 16.5. The van der Waals surface area contributed by atoms with Crippen molar-refractivity contribution in [3.8, 4) is 17.0 Å². The molecule has 6 heteroatoms. The number of hydrogen-bond donors (Lipinski definition) is 2. The zero-order chi connectivity index (χ0) is 14.5. The van der Waals surface area contributed by atoms with E-state index in [1.54, 1.807) is 31.6 Å². The van der Waals surface area contributed by atoms with E-state index in [2.05, 4.69) is 10.4 Å². The van der Waals surface area contributed by atoms with E-state index in [0.29, 0.717) is 17.3 Å². The van der Waals surface area contributed by atoms with Gasteiger partial charge < -0.3 is 15.8 Å². The lowest BCUT2D eigenvalue weighted by molar-refractivity contribution is -0.129. The molecule has 0 aliphatic carbocycles. The van der Waals surface area contributed by atoms with Gasteiger partial charge in [-0.15, -0.1) is 0 Å². The van der Waals surface area contributed by atoms with Crippen LogP contribution in [0.1, 0.15) is 13.8 Å². The number of ether oxygens (including phenoxy) is 1. The lowest BCUT2D eigenvalue weighted by Gasteiger charge is -2.31. The highest BCUT2D eigenvalue weighted by Gasteiger charge is 2.35. The lowest BCUT2D eigenvalue weighted by atomic mass is 10.0. The van der Waals surface area contributed by atoms with E-state index in [4.69, 9.17) is 10.5 Å². The Labute approximate surface area is 116 Å². The Morgan fingerprint density at radius 3 is 2.75 bits per heavy atom. The maximum absolute atomic E-state index is 11.9. The third-order valence-corrected chi connectivity index (χ3v) is 3.35. The summed E-state index contributed by atoms with van der Waals surface area (Å²) in [6.45, 7) is 3.47. The minimum atomic E-state index is -0.857. The molecule has 6 nitrogen and oxygen atoms in total.